The van der Waals surface area contributed by atoms with Crippen molar-refractivity contribution >= 4 is 38.9 Å². The van der Waals surface area contributed by atoms with Crippen LogP contribution in [0.3, 0.4) is 0 Å². The number of nitrogens with zero attached hydrogens (tertiary/aromatic N) is 1. The Balaban J connectivity index is 2.38. The van der Waals surface area contributed by atoms with Crippen LogP contribution in [0.5, 0.6) is 0 Å². The normalized spacial score (nSPS) is 19.8. The molecule has 0 amide bonds. The molecule has 1 aromatic carbocycles. The van der Waals surface area contributed by atoms with Gasteiger partial charge in [-0.25, -0.2) is 8.42 Å². The summed E-state index contributed by atoms with van der Waals surface area (Å²) in [5.74, 6) is 1.55. The van der Waals surface area contributed by atoms with Crippen molar-refractivity contribution in [3.8, 4) is 0 Å². The van der Waals surface area contributed by atoms with Crippen molar-refractivity contribution in [3.05, 3.63) is 28.8 Å². The van der Waals surface area contributed by atoms with Crippen molar-refractivity contribution in [2.24, 2.45) is 0 Å². The first-order valence-electron chi connectivity index (χ1n) is 6.96. The number of nitrogens with one attached hydrogen (secondary N) is 1. The van der Waals surface area contributed by atoms with Gasteiger partial charge in [-0.2, -0.15) is 11.8 Å². The van der Waals surface area contributed by atoms with Gasteiger partial charge in [0.25, 0.3) is 0 Å². The van der Waals surface area contributed by atoms with Crippen molar-refractivity contribution in [1.29, 1.82) is 0 Å². The molecule has 7 heteroatoms. The van der Waals surface area contributed by atoms with Gasteiger partial charge in [-0.15, -0.1) is 0 Å². The second-order valence-corrected chi connectivity index (χ2v) is 8.90. The first-order chi connectivity index (χ1) is 9.93. The summed E-state index contributed by atoms with van der Waals surface area (Å²) in [7, 11) is -3.12. The van der Waals surface area contributed by atoms with Crippen LogP contribution < -0.4 is 10.2 Å². The second kappa shape index (κ2) is 7.22. The Bertz CT molecular complexity index is 593. The van der Waals surface area contributed by atoms with Crippen LogP contribution in [0.2, 0.25) is 5.02 Å². The molecule has 1 aromatic rings. The molecule has 0 saturated carbocycles. The maximum Gasteiger partial charge on any atom is 0.169 e. The summed E-state index contributed by atoms with van der Waals surface area (Å²) in [6.07, 6.45) is 1.32. The molecule has 21 heavy (non-hydrogen) atoms. The lowest BCUT2D eigenvalue weighted by molar-refractivity contribution is 0.584. The summed E-state index contributed by atoms with van der Waals surface area (Å²) in [5, 5.41) is 3.50. The fraction of sp³-hybridized carbons (Fsp3) is 0.571. The minimum atomic E-state index is -3.12. The van der Waals surface area contributed by atoms with Crippen LogP contribution >= 0.6 is 23.4 Å². The zero-order chi connectivity index (χ0) is 15.5. The van der Waals surface area contributed by atoms with Gasteiger partial charge in [0.2, 0.25) is 0 Å². The molecule has 1 fully saturated rings. The van der Waals surface area contributed by atoms with Gasteiger partial charge in [0, 0.05) is 41.6 Å². The highest BCUT2D eigenvalue weighted by atomic mass is 35.5. The molecule has 4 nitrogen and oxygen atoms in total. The van der Waals surface area contributed by atoms with Crippen molar-refractivity contribution in [2.75, 3.05) is 35.8 Å². The zero-order valence-corrected chi connectivity index (χ0v) is 14.7. The summed E-state index contributed by atoms with van der Waals surface area (Å²) in [5.41, 5.74) is 2.01. The third-order valence-electron chi connectivity index (χ3n) is 3.50. The van der Waals surface area contributed by atoms with E-state index in [-0.39, 0.29) is 0 Å². The van der Waals surface area contributed by atoms with E-state index in [1.807, 2.05) is 30.0 Å². The Morgan fingerprint density at radius 3 is 2.90 bits per heavy atom. The fourth-order valence-corrected chi connectivity index (χ4v) is 5.47. The van der Waals surface area contributed by atoms with E-state index in [9.17, 15) is 8.42 Å². The van der Waals surface area contributed by atoms with Gasteiger partial charge in [-0.3, -0.25) is 0 Å². The summed E-state index contributed by atoms with van der Waals surface area (Å²) in [4.78, 5) is 2.01. The summed E-state index contributed by atoms with van der Waals surface area (Å²) in [6.45, 7) is 4.33. The van der Waals surface area contributed by atoms with Crippen molar-refractivity contribution in [2.45, 2.75) is 18.8 Å². The van der Waals surface area contributed by atoms with Gasteiger partial charge in [0.15, 0.2) is 9.84 Å². The second-order valence-electron chi connectivity index (χ2n) is 5.11. The molecule has 1 heterocycles. The molecule has 0 aromatic heterocycles. The number of hydrogen-bond donors (Lipinski definition) is 1. The highest BCUT2D eigenvalue weighted by molar-refractivity contribution is 8.01. The van der Waals surface area contributed by atoms with E-state index >= 15 is 0 Å². The number of anilines is 1. The monoisotopic (exact) mass is 348 g/mol. The molecule has 1 saturated heterocycles. The van der Waals surface area contributed by atoms with Gasteiger partial charge in [0.1, 0.15) is 5.37 Å². The number of sulfone groups is 1. The summed E-state index contributed by atoms with van der Waals surface area (Å²) >= 11 is 7.78. The van der Waals surface area contributed by atoms with Crippen LogP contribution in [-0.2, 0) is 16.4 Å². The molecule has 0 radical (unpaired) electrons. The molecule has 2 rings (SSSR count). The molecular formula is C14H21ClN2O2S2. The van der Waals surface area contributed by atoms with E-state index in [1.165, 1.54) is 6.26 Å². The highest BCUT2D eigenvalue weighted by Gasteiger charge is 2.32. The molecule has 1 N–H and O–H groups in total. The number of hydrogen-bond acceptors (Lipinski definition) is 5. The van der Waals surface area contributed by atoms with E-state index in [4.69, 9.17) is 11.6 Å². The predicted octanol–water partition coefficient (Wildman–Crippen LogP) is 2.37. The van der Waals surface area contributed by atoms with Crippen LogP contribution in [-0.4, -0.2) is 44.6 Å². The van der Waals surface area contributed by atoms with Crippen LogP contribution in [0.1, 0.15) is 12.5 Å². The molecule has 0 aliphatic carbocycles. The predicted molar refractivity (Wildman–Crippen MR) is 92.1 cm³/mol. The van der Waals surface area contributed by atoms with Gasteiger partial charge in [0.05, 0.1) is 0 Å². The maximum atomic E-state index is 12.1. The highest BCUT2D eigenvalue weighted by Crippen LogP contribution is 2.31. The molecule has 1 unspecified atom stereocenters. The lowest BCUT2D eigenvalue weighted by atomic mass is 10.1. The number of benzene rings is 1. The Morgan fingerprint density at radius 1 is 1.48 bits per heavy atom. The first-order valence-corrected chi connectivity index (χ1v) is 10.4. The summed E-state index contributed by atoms with van der Waals surface area (Å²) in [6, 6.07) is 5.68. The maximum absolute atomic E-state index is 12.1. The Labute approximate surface area is 136 Å². The van der Waals surface area contributed by atoms with Gasteiger partial charge in [-0.1, -0.05) is 18.5 Å². The molecule has 1 aliphatic heterocycles. The molecular weight excluding hydrogens is 328 g/mol. The average molecular weight is 349 g/mol. The number of rotatable bonds is 5. The molecule has 0 bridgehead atoms. The Hall–Kier alpha value is -0.430. The molecule has 1 atom stereocenters. The lowest BCUT2D eigenvalue weighted by Gasteiger charge is -2.37. The standard InChI is InChI=1S/C14H21ClN2O2S2/c1-3-16-9-11-8-12(15)4-5-13(11)17-6-7-20-10-14(17)21(2,18)19/h4-5,8,14,16H,3,6-7,9-10H2,1-2H3. The van der Waals surface area contributed by atoms with E-state index in [2.05, 4.69) is 5.32 Å². The number of halogens is 1. The third-order valence-corrected chi connectivity index (χ3v) is 6.37. The topological polar surface area (TPSA) is 49.4 Å². The van der Waals surface area contributed by atoms with Gasteiger partial charge >= 0.3 is 0 Å². The van der Waals surface area contributed by atoms with Crippen LogP contribution in [0.25, 0.3) is 0 Å². The van der Waals surface area contributed by atoms with Gasteiger partial charge in [-0.05, 0) is 30.3 Å². The van der Waals surface area contributed by atoms with Gasteiger partial charge < -0.3 is 10.2 Å². The van der Waals surface area contributed by atoms with Crippen molar-refractivity contribution < 1.29 is 8.42 Å². The zero-order valence-electron chi connectivity index (χ0n) is 12.3. The fourth-order valence-electron chi connectivity index (χ4n) is 2.45. The Morgan fingerprint density at radius 2 is 2.24 bits per heavy atom. The van der Waals surface area contributed by atoms with E-state index in [0.29, 0.717) is 17.3 Å². The van der Waals surface area contributed by atoms with Crippen LogP contribution in [0, 0.1) is 0 Å². The first kappa shape index (κ1) is 16.9. The third kappa shape index (κ3) is 4.28. The molecule has 0 spiro atoms. The van der Waals surface area contributed by atoms with E-state index < -0.39 is 15.2 Å². The van der Waals surface area contributed by atoms with Crippen LogP contribution in [0.15, 0.2) is 18.2 Å². The molecule has 118 valence electrons. The minimum absolute atomic E-state index is 0.460. The average Bonchev–Trinajstić information content (AvgIpc) is 2.44. The largest absolute Gasteiger partial charge is 0.353 e. The lowest BCUT2D eigenvalue weighted by Crippen LogP contribution is -2.47. The Kier molecular flexibility index (Phi) is 5.82. The quantitative estimate of drug-likeness (QED) is 0.885. The van der Waals surface area contributed by atoms with Crippen molar-refractivity contribution in [3.63, 3.8) is 0 Å². The minimum Gasteiger partial charge on any atom is -0.353 e. The smallest absolute Gasteiger partial charge is 0.169 e. The molecule has 1 aliphatic rings. The van der Waals surface area contributed by atoms with E-state index in [1.54, 1.807) is 11.8 Å². The SMILES string of the molecule is CCNCc1cc(Cl)ccc1N1CCSCC1S(C)(=O)=O. The van der Waals surface area contributed by atoms with Crippen molar-refractivity contribution in [1.82, 2.24) is 5.32 Å². The number of thioether (sulfide) groups is 1. The summed E-state index contributed by atoms with van der Waals surface area (Å²) < 4.78 is 24.1. The van der Waals surface area contributed by atoms with Crippen LogP contribution in [0.4, 0.5) is 5.69 Å². The van der Waals surface area contributed by atoms with E-state index in [0.717, 1.165) is 30.1 Å².